The molecular formula is C53H84N2. The molecule has 2 aromatic carbocycles. The lowest BCUT2D eigenvalue weighted by Crippen LogP contribution is -2.05. The fourth-order valence-electron chi connectivity index (χ4n) is 8.34. The monoisotopic (exact) mass is 749 g/mol. The molecule has 0 spiro atoms. The quantitative estimate of drug-likeness (QED) is 0.0513. The third-order valence-electron chi connectivity index (χ3n) is 11.7. The van der Waals surface area contributed by atoms with Gasteiger partial charge in [0.15, 0.2) is 0 Å². The molecule has 1 heterocycles. The van der Waals surface area contributed by atoms with Crippen LogP contribution in [0.4, 0.5) is 0 Å². The van der Waals surface area contributed by atoms with E-state index < -0.39 is 0 Å². The largest absolute Gasteiger partial charge is 0.493 e. The van der Waals surface area contributed by atoms with E-state index >= 15 is 0 Å². The number of rotatable bonds is 33. The topological polar surface area (TPSA) is 25.3 Å². The minimum atomic E-state index is 0.931. The van der Waals surface area contributed by atoms with E-state index in [1.54, 1.807) is 4.70 Å². The van der Waals surface area contributed by atoms with Gasteiger partial charge in [-0.3, -0.25) is 0 Å². The molecule has 55 heavy (non-hydrogen) atoms. The Bertz CT molecular complexity index is 1380. The van der Waals surface area contributed by atoms with E-state index in [1.165, 1.54) is 188 Å². The number of unbranched alkanes of at least 4 members (excludes halogenated alkanes) is 21. The van der Waals surface area contributed by atoms with Crippen molar-refractivity contribution in [2.75, 3.05) is 0 Å². The number of hydrogen-bond acceptors (Lipinski definition) is 0. The van der Waals surface area contributed by atoms with Crippen LogP contribution < -0.4 is 0 Å². The summed E-state index contributed by atoms with van der Waals surface area (Å²) in [4.78, 5) is 0. The lowest BCUT2D eigenvalue weighted by Gasteiger charge is -2.14. The molecule has 2 aromatic rings. The molecule has 1 aliphatic rings. The van der Waals surface area contributed by atoms with Crippen molar-refractivity contribution in [3.63, 3.8) is 0 Å². The second-order valence-electron chi connectivity index (χ2n) is 17.0. The zero-order chi connectivity index (χ0) is 39.4. The van der Waals surface area contributed by atoms with Gasteiger partial charge in [-0.05, 0) is 111 Å². The van der Waals surface area contributed by atoms with Crippen molar-refractivity contribution in [3.05, 3.63) is 99.1 Å². The molecular weight excluding hydrogens is 665 g/mol. The summed E-state index contributed by atoms with van der Waals surface area (Å²) in [5, 5.41) is 0. The highest BCUT2D eigenvalue weighted by Crippen LogP contribution is 2.38. The van der Waals surface area contributed by atoms with Gasteiger partial charge in [-0.15, -0.1) is 0 Å². The van der Waals surface area contributed by atoms with Crippen molar-refractivity contribution in [1.29, 1.82) is 0 Å². The van der Waals surface area contributed by atoms with Gasteiger partial charge in [0.25, 0.3) is 0 Å². The van der Waals surface area contributed by atoms with Crippen molar-refractivity contribution < 1.29 is 4.70 Å². The number of aryl methyl sites for hydroxylation is 4. The van der Waals surface area contributed by atoms with Crippen LogP contribution >= 0.6 is 0 Å². The Morgan fingerprint density at radius 1 is 0.418 bits per heavy atom. The zero-order valence-electron chi connectivity index (χ0n) is 36.8. The second-order valence-corrected chi connectivity index (χ2v) is 17.0. The molecule has 0 saturated heterocycles. The summed E-state index contributed by atoms with van der Waals surface area (Å²) in [7, 11) is 0. The summed E-state index contributed by atoms with van der Waals surface area (Å²) in [6.45, 7) is 11.5. The van der Waals surface area contributed by atoms with Crippen molar-refractivity contribution in [3.8, 4) is 0 Å². The maximum absolute atomic E-state index is 12.3. The summed E-state index contributed by atoms with van der Waals surface area (Å²) in [5.41, 5.74) is 23.4. The number of allylic oxidation sites excluding steroid dienone is 4. The molecule has 0 bridgehead atoms. The number of benzene rings is 2. The predicted molar refractivity (Wildman–Crippen MR) is 244 cm³/mol. The van der Waals surface area contributed by atoms with E-state index in [1.807, 2.05) is 0 Å². The molecule has 0 radical (unpaired) electrons. The minimum absolute atomic E-state index is 0.931. The number of hydrogen-bond donors (Lipinski definition) is 0. The van der Waals surface area contributed by atoms with Crippen molar-refractivity contribution in [2.24, 2.45) is 0 Å². The Morgan fingerprint density at radius 2 is 0.764 bits per heavy atom. The van der Waals surface area contributed by atoms with Crippen LogP contribution in [0.1, 0.15) is 235 Å². The molecule has 0 aliphatic carbocycles. The molecule has 1 aliphatic heterocycles. The zero-order valence-corrected chi connectivity index (χ0v) is 36.8. The standard InChI is InChI=1S/C53H84N2/c1-6-11-16-21-22-23-24-25-26-27-32-37-49-44-52(50-40-45(33-28-17-12-7-2)38-46(41-50)34-29-18-13-8-3)55(54)53(49)51-42-47(35-30-19-14-9-4)39-48(43-51)36-31-20-15-10-5/h32,37-44H,6-31,33-36H2,1-5H3. The first-order valence-corrected chi connectivity index (χ1v) is 23.9. The van der Waals surface area contributed by atoms with E-state index in [0.717, 1.165) is 54.6 Å². The fourth-order valence-corrected chi connectivity index (χ4v) is 8.34. The first-order chi connectivity index (χ1) is 27.0. The van der Waals surface area contributed by atoms with Gasteiger partial charge in [-0.25, -0.2) is 4.70 Å². The molecule has 0 unspecified atom stereocenters. The highest BCUT2D eigenvalue weighted by Gasteiger charge is 2.29. The molecule has 2 heteroatoms. The van der Waals surface area contributed by atoms with Crippen LogP contribution in [0.5, 0.6) is 0 Å². The predicted octanol–water partition coefficient (Wildman–Crippen LogP) is 17.5. The molecule has 306 valence electrons. The summed E-state index contributed by atoms with van der Waals surface area (Å²) in [6, 6.07) is 14.5. The van der Waals surface area contributed by atoms with E-state index in [2.05, 4.69) is 89.2 Å². The SMILES string of the molecule is CCCCCCCCCCCC=CC1=C(c2cc(CCCCCC)cc(CCCCCC)c2)[N+](=[N-])C(c2cc(CCCCCC)cc(CCCCCC)c2)=C1. The van der Waals surface area contributed by atoms with Gasteiger partial charge in [-0.2, -0.15) is 0 Å². The van der Waals surface area contributed by atoms with Crippen LogP contribution in [0.3, 0.4) is 0 Å². The smallest absolute Gasteiger partial charge is 0.214 e. The maximum Gasteiger partial charge on any atom is 0.214 e. The van der Waals surface area contributed by atoms with Crippen molar-refractivity contribution in [2.45, 2.75) is 227 Å². The lowest BCUT2D eigenvalue weighted by atomic mass is 9.95. The fraction of sp³-hybridized carbons (Fsp3) is 0.660. The Morgan fingerprint density at radius 3 is 1.16 bits per heavy atom. The molecule has 0 fully saturated rings. The van der Waals surface area contributed by atoms with Gasteiger partial charge in [-0.1, -0.05) is 187 Å². The normalized spacial score (nSPS) is 13.2. The molecule has 2 nitrogen and oxygen atoms in total. The Balaban J connectivity index is 1.94. The number of nitrogens with zero attached hydrogens (tertiary/aromatic N) is 2. The average Bonchev–Trinajstić information content (AvgIpc) is 3.53. The van der Waals surface area contributed by atoms with Crippen LogP contribution in [0, 0.1) is 0 Å². The third-order valence-corrected chi connectivity index (χ3v) is 11.7. The van der Waals surface area contributed by atoms with Crippen LogP contribution in [0.25, 0.3) is 16.9 Å². The maximum atomic E-state index is 12.3. The van der Waals surface area contributed by atoms with Crippen molar-refractivity contribution in [1.82, 2.24) is 0 Å². The van der Waals surface area contributed by atoms with Crippen LogP contribution in [0.15, 0.2) is 60.2 Å². The van der Waals surface area contributed by atoms with Crippen LogP contribution in [0.2, 0.25) is 0 Å². The summed E-state index contributed by atoms with van der Waals surface area (Å²) in [6.07, 6.45) is 45.1. The molecule has 3 rings (SSSR count). The molecule has 0 aromatic heterocycles. The highest BCUT2D eigenvalue weighted by molar-refractivity contribution is 5.81. The first-order valence-electron chi connectivity index (χ1n) is 23.9. The van der Waals surface area contributed by atoms with E-state index in [0.29, 0.717) is 0 Å². The second kappa shape index (κ2) is 29.5. The van der Waals surface area contributed by atoms with Crippen LogP contribution in [-0.4, -0.2) is 4.70 Å². The van der Waals surface area contributed by atoms with E-state index in [9.17, 15) is 5.53 Å². The molecule has 0 atom stereocenters. The molecule has 0 N–H and O–H groups in total. The molecule has 0 saturated carbocycles. The van der Waals surface area contributed by atoms with Crippen LogP contribution in [-0.2, 0) is 25.7 Å². The van der Waals surface area contributed by atoms with Crippen molar-refractivity contribution >= 4 is 11.4 Å². The third kappa shape index (κ3) is 18.4. The molecule has 0 amide bonds. The van der Waals surface area contributed by atoms with Gasteiger partial charge in [0.1, 0.15) is 0 Å². The van der Waals surface area contributed by atoms with Gasteiger partial charge in [0.2, 0.25) is 11.4 Å². The van der Waals surface area contributed by atoms with E-state index in [-0.39, 0.29) is 0 Å². The highest BCUT2D eigenvalue weighted by atomic mass is 15.2. The summed E-state index contributed by atoms with van der Waals surface area (Å²) in [5.74, 6) is 0. The van der Waals surface area contributed by atoms with Gasteiger partial charge >= 0.3 is 0 Å². The Hall–Kier alpha value is -2.74. The van der Waals surface area contributed by atoms with Gasteiger partial charge < -0.3 is 5.53 Å². The van der Waals surface area contributed by atoms with Gasteiger partial charge in [0.05, 0.1) is 5.57 Å². The first kappa shape index (κ1) is 46.6. The average molecular weight is 749 g/mol. The summed E-state index contributed by atoms with van der Waals surface area (Å²) < 4.78 is 1.56. The summed E-state index contributed by atoms with van der Waals surface area (Å²) >= 11 is 0. The van der Waals surface area contributed by atoms with E-state index in [4.69, 9.17) is 0 Å². The Labute approximate surface area is 341 Å². The lowest BCUT2D eigenvalue weighted by molar-refractivity contribution is -0.344. The minimum Gasteiger partial charge on any atom is -0.493 e. The van der Waals surface area contributed by atoms with Gasteiger partial charge in [0, 0.05) is 17.2 Å². The Kier molecular flexibility index (Phi) is 25.0.